The number of benzene rings is 1. The second-order valence-corrected chi connectivity index (χ2v) is 7.69. The molecule has 0 amide bonds. The van der Waals surface area contributed by atoms with Crippen LogP contribution in [-0.4, -0.2) is 18.1 Å². The van der Waals surface area contributed by atoms with Crippen LogP contribution in [0.5, 0.6) is 0 Å². The number of esters is 1. The summed E-state index contributed by atoms with van der Waals surface area (Å²) >= 11 is 3.48. The number of hydrogen-bond acceptors (Lipinski definition) is 3. The van der Waals surface area contributed by atoms with Crippen LogP contribution in [0.3, 0.4) is 0 Å². The van der Waals surface area contributed by atoms with Gasteiger partial charge >= 0.3 is 5.97 Å². The smallest absolute Gasteiger partial charge is 0.332 e. The van der Waals surface area contributed by atoms with Crippen molar-refractivity contribution in [1.29, 1.82) is 0 Å². The highest BCUT2D eigenvalue weighted by molar-refractivity contribution is 9.10. The summed E-state index contributed by atoms with van der Waals surface area (Å²) in [5.74, 6) is 0.0913. The van der Waals surface area contributed by atoms with Gasteiger partial charge in [-0.15, -0.1) is 0 Å². The number of carbonyl (C=O) groups excluding carboxylic acids is 1. The number of anilines is 1. The van der Waals surface area contributed by atoms with E-state index >= 15 is 0 Å². The molecule has 1 fully saturated rings. The largest absolute Gasteiger partial charge is 0.464 e. The SMILES string of the molecule is CCOC(=O)C1(Nc2cccc(Br)c2)CC(C)(C)CC1C. The van der Waals surface area contributed by atoms with Gasteiger partial charge in [-0.2, -0.15) is 0 Å². The molecule has 1 aromatic carbocycles. The van der Waals surface area contributed by atoms with Crippen molar-refractivity contribution in [3.63, 3.8) is 0 Å². The molecule has 0 saturated heterocycles. The number of nitrogens with one attached hydrogen (secondary N) is 1. The zero-order chi connectivity index (χ0) is 15.7. The van der Waals surface area contributed by atoms with E-state index in [0.29, 0.717) is 6.61 Å². The van der Waals surface area contributed by atoms with Crippen molar-refractivity contribution >= 4 is 27.6 Å². The molecule has 0 radical (unpaired) electrons. The summed E-state index contributed by atoms with van der Waals surface area (Å²) in [4.78, 5) is 12.7. The second-order valence-electron chi connectivity index (χ2n) is 6.77. The third-order valence-corrected chi connectivity index (χ3v) is 4.78. The molecule has 21 heavy (non-hydrogen) atoms. The Morgan fingerprint density at radius 3 is 2.71 bits per heavy atom. The van der Waals surface area contributed by atoms with E-state index in [1.807, 2.05) is 31.2 Å². The normalized spacial score (nSPS) is 27.4. The van der Waals surface area contributed by atoms with E-state index in [9.17, 15) is 4.79 Å². The molecule has 0 spiro atoms. The van der Waals surface area contributed by atoms with Crippen molar-refractivity contribution in [1.82, 2.24) is 0 Å². The van der Waals surface area contributed by atoms with Crippen LogP contribution >= 0.6 is 15.9 Å². The van der Waals surface area contributed by atoms with Gasteiger partial charge in [-0.1, -0.05) is 42.8 Å². The highest BCUT2D eigenvalue weighted by Crippen LogP contribution is 2.49. The molecule has 1 aliphatic rings. The minimum absolute atomic E-state index is 0.130. The first-order valence-electron chi connectivity index (χ1n) is 7.50. The molecule has 1 aromatic rings. The Hall–Kier alpha value is -1.03. The lowest BCUT2D eigenvalue weighted by molar-refractivity contribution is -0.150. The Balaban J connectivity index is 2.35. The van der Waals surface area contributed by atoms with Gasteiger partial charge in [0, 0.05) is 10.2 Å². The first kappa shape index (κ1) is 16.3. The third-order valence-electron chi connectivity index (χ3n) is 4.29. The second kappa shape index (κ2) is 5.99. The quantitative estimate of drug-likeness (QED) is 0.802. The van der Waals surface area contributed by atoms with Gasteiger partial charge in [0.05, 0.1) is 6.61 Å². The Labute approximate surface area is 135 Å². The summed E-state index contributed by atoms with van der Waals surface area (Å²) in [6.07, 6.45) is 1.79. The van der Waals surface area contributed by atoms with E-state index in [1.165, 1.54) is 0 Å². The first-order valence-corrected chi connectivity index (χ1v) is 8.29. The maximum Gasteiger partial charge on any atom is 0.332 e. The monoisotopic (exact) mass is 353 g/mol. The lowest BCUT2D eigenvalue weighted by Crippen LogP contribution is -2.50. The Kier molecular flexibility index (Phi) is 4.66. The third kappa shape index (κ3) is 3.42. The first-order chi connectivity index (χ1) is 9.79. The molecular formula is C17H24BrNO2. The standard InChI is InChI=1S/C17H24BrNO2/c1-5-21-15(20)17(11-16(3,4)10-12(17)2)19-14-8-6-7-13(18)9-14/h6-9,12,19H,5,10-11H2,1-4H3. The lowest BCUT2D eigenvalue weighted by atomic mass is 9.86. The van der Waals surface area contributed by atoms with Crippen LogP contribution in [0, 0.1) is 11.3 Å². The van der Waals surface area contributed by atoms with Crippen molar-refractivity contribution in [3.8, 4) is 0 Å². The molecule has 3 nitrogen and oxygen atoms in total. The van der Waals surface area contributed by atoms with Crippen LogP contribution in [0.4, 0.5) is 5.69 Å². The average Bonchev–Trinajstić information content (AvgIpc) is 2.60. The van der Waals surface area contributed by atoms with E-state index in [0.717, 1.165) is 23.0 Å². The average molecular weight is 354 g/mol. The van der Waals surface area contributed by atoms with Crippen LogP contribution in [0.1, 0.15) is 40.5 Å². The van der Waals surface area contributed by atoms with Crippen LogP contribution in [0.2, 0.25) is 0 Å². The number of hydrogen-bond donors (Lipinski definition) is 1. The van der Waals surface area contributed by atoms with Crippen LogP contribution < -0.4 is 5.32 Å². The Bertz CT molecular complexity index is 529. The lowest BCUT2D eigenvalue weighted by Gasteiger charge is -2.34. The summed E-state index contributed by atoms with van der Waals surface area (Å²) in [6.45, 7) is 8.83. The molecule has 2 atom stereocenters. The molecule has 4 heteroatoms. The number of carbonyl (C=O) groups is 1. The van der Waals surface area contributed by atoms with Crippen molar-refractivity contribution in [2.75, 3.05) is 11.9 Å². The van der Waals surface area contributed by atoms with Crippen molar-refractivity contribution in [3.05, 3.63) is 28.7 Å². The maximum absolute atomic E-state index is 12.7. The van der Waals surface area contributed by atoms with E-state index in [1.54, 1.807) is 0 Å². The summed E-state index contributed by atoms with van der Waals surface area (Å²) in [6, 6.07) is 7.93. The molecule has 1 N–H and O–H groups in total. The minimum atomic E-state index is -0.639. The number of ether oxygens (including phenoxy) is 1. The van der Waals surface area contributed by atoms with E-state index in [2.05, 4.69) is 42.0 Å². The fourth-order valence-electron chi connectivity index (χ4n) is 3.58. The highest BCUT2D eigenvalue weighted by atomic mass is 79.9. The topological polar surface area (TPSA) is 38.3 Å². The van der Waals surface area contributed by atoms with Gasteiger partial charge in [-0.05, 0) is 49.3 Å². The molecule has 116 valence electrons. The molecule has 2 unspecified atom stereocenters. The van der Waals surface area contributed by atoms with Gasteiger partial charge in [0.1, 0.15) is 5.54 Å². The Morgan fingerprint density at radius 2 is 2.19 bits per heavy atom. The summed E-state index contributed by atoms with van der Waals surface area (Å²) in [5, 5.41) is 3.48. The van der Waals surface area contributed by atoms with Crippen LogP contribution in [0.25, 0.3) is 0 Å². The molecule has 0 aliphatic heterocycles. The molecule has 1 saturated carbocycles. The van der Waals surface area contributed by atoms with E-state index in [-0.39, 0.29) is 17.3 Å². The zero-order valence-corrected chi connectivity index (χ0v) is 14.8. The van der Waals surface area contributed by atoms with Crippen molar-refractivity contribution < 1.29 is 9.53 Å². The predicted molar refractivity (Wildman–Crippen MR) is 89.3 cm³/mol. The van der Waals surface area contributed by atoms with Gasteiger partial charge in [-0.25, -0.2) is 4.79 Å². The molecule has 0 aromatic heterocycles. The van der Waals surface area contributed by atoms with Gasteiger partial charge in [0.25, 0.3) is 0 Å². The molecular weight excluding hydrogens is 330 g/mol. The van der Waals surface area contributed by atoms with E-state index in [4.69, 9.17) is 4.74 Å². The van der Waals surface area contributed by atoms with Gasteiger partial charge in [0.2, 0.25) is 0 Å². The summed E-state index contributed by atoms with van der Waals surface area (Å²) < 4.78 is 6.38. The number of halogens is 1. The van der Waals surface area contributed by atoms with E-state index < -0.39 is 5.54 Å². The number of rotatable bonds is 4. The summed E-state index contributed by atoms with van der Waals surface area (Å²) in [7, 11) is 0. The molecule has 1 aliphatic carbocycles. The van der Waals surface area contributed by atoms with Gasteiger partial charge in [0.15, 0.2) is 0 Å². The van der Waals surface area contributed by atoms with Crippen LogP contribution in [-0.2, 0) is 9.53 Å². The maximum atomic E-state index is 12.7. The molecule has 2 rings (SSSR count). The van der Waals surface area contributed by atoms with Gasteiger partial charge in [-0.3, -0.25) is 0 Å². The van der Waals surface area contributed by atoms with Crippen molar-refractivity contribution in [2.24, 2.45) is 11.3 Å². The fourth-order valence-corrected chi connectivity index (χ4v) is 3.98. The Morgan fingerprint density at radius 1 is 1.48 bits per heavy atom. The molecule has 0 heterocycles. The fraction of sp³-hybridized carbons (Fsp3) is 0.588. The van der Waals surface area contributed by atoms with Crippen molar-refractivity contribution in [2.45, 2.75) is 46.1 Å². The summed E-state index contributed by atoms with van der Waals surface area (Å²) in [5.41, 5.74) is 0.438. The zero-order valence-electron chi connectivity index (χ0n) is 13.2. The predicted octanol–water partition coefficient (Wildman–Crippen LogP) is 4.62. The highest BCUT2D eigenvalue weighted by Gasteiger charge is 2.54. The van der Waals surface area contributed by atoms with Crippen LogP contribution in [0.15, 0.2) is 28.7 Å². The molecule has 0 bridgehead atoms. The minimum Gasteiger partial charge on any atom is -0.464 e. The van der Waals surface area contributed by atoms with Gasteiger partial charge < -0.3 is 10.1 Å².